The highest BCUT2D eigenvalue weighted by Crippen LogP contribution is 2.01. The van der Waals surface area contributed by atoms with Crippen molar-refractivity contribution in [1.29, 1.82) is 0 Å². The summed E-state index contributed by atoms with van der Waals surface area (Å²) in [7, 11) is 0. The highest BCUT2D eigenvalue weighted by Gasteiger charge is 2.20. The van der Waals surface area contributed by atoms with Crippen molar-refractivity contribution in [3.05, 3.63) is 0 Å². The summed E-state index contributed by atoms with van der Waals surface area (Å²) >= 11 is 0. The summed E-state index contributed by atoms with van der Waals surface area (Å²) in [5, 5.41) is 6.67. The minimum Gasteiger partial charge on any atom is -0.303 e. The number of amides is 1. The maximum atomic E-state index is 10.5. The first-order valence-electron chi connectivity index (χ1n) is 2.48. The van der Waals surface area contributed by atoms with Gasteiger partial charge < -0.3 is 4.79 Å². The van der Waals surface area contributed by atoms with Crippen molar-refractivity contribution in [1.82, 2.24) is 5.43 Å². The lowest BCUT2D eigenvalue weighted by Gasteiger charge is -1.92. The van der Waals surface area contributed by atoms with E-state index >= 15 is 0 Å². The van der Waals surface area contributed by atoms with Crippen LogP contribution in [0, 0.1) is 0 Å². The van der Waals surface area contributed by atoms with E-state index in [1.807, 2.05) is 0 Å². The van der Waals surface area contributed by atoms with Gasteiger partial charge in [-0.15, -0.1) is 0 Å². The predicted octanol–water partition coefficient (Wildman–Crippen LogP) is -0.559. The molecule has 0 aromatic rings. The van der Waals surface area contributed by atoms with Crippen LogP contribution in [0.4, 0.5) is 0 Å². The average molecular weight is 127 g/mol. The predicted molar refractivity (Wildman–Crippen MR) is 27.5 cm³/mol. The van der Waals surface area contributed by atoms with Gasteiger partial charge in [-0.05, 0) is 0 Å². The Kier molecular flexibility index (Phi) is 1.53. The lowest BCUT2D eigenvalue weighted by molar-refractivity contribution is -0.122. The van der Waals surface area contributed by atoms with Crippen LogP contribution < -0.4 is 5.43 Å². The van der Waals surface area contributed by atoms with Crippen LogP contribution in [-0.4, -0.2) is 18.2 Å². The van der Waals surface area contributed by atoms with Crippen molar-refractivity contribution in [2.24, 2.45) is 10.3 Å². The van der Waals surface area contributed by atoms with Gasteiger partial charge in [0, 0.05) is 6.42 Å². The molecule has 9 heavy (non-hydrogen) atoms. The van der Waals surface area contributed by atoms with E-state index in [4.69, 9.17) is 0 Å². The number of carbonyl (C=O) groups is 2. The third kappa shape index (κ3) is 1.10. The van der Waals surface area contributed by atoms with Crippen LogP contribution in [-0.2, 0) is 9.59 Å². The van der Waals surface area contributed by atoms with Crippen LogP contribution in [0.5, 0.6) is 0 Å². The third-order valence-corrected chi connectivity index (χ3v) is 0.979. The normalized spacial score (nSPS) is 24.0. The fourth-order valence-electron chi connectivity index (χ4n) is 0.520. The molecule has 0 spiro atoms. The van der Waals surface area contributed by atoms with Crippen molar-refractivity contribution < 1.29 is 9.59 Å². The molecule has 48 valence electrons. The molecule has 0 fully saturated rings. The molecule has 0 aliphatic carbocycles. The first kappa shape index (κ1) is 5.87. The lowest BCUT2D eigenvalue weighted by Crippen LogP contribution is -2.23. The molecule has 1 N–H and O–H groups in total. The van der Waals surface area contributed by atoms with Crippen LogP contribution in [0.3, 0.4) is 0 Å². The van der Waals surface area contributed by atoms with E-state index in [1.165, 1.54) is 0 Å². The van der Waals surface area contributed by atoms with Gasteiger partial charge in [-0.2, -0.15) is 5.11 Å². The molecule has 1 aliphatic rings. The Morgan fingerprint density at radius 1 is 1.78 bits per heavy atom. The van der Waals surface area contributed by atoms with E-state index in [9.17, 15) is 9.59 Å². The van der Waals surface area contributed by atoms with Gasteiger partial charge in [-0.3, -0.25) is 4.79 Å². The van der Waals surface area contributed by atoms with Crippen LogP contribution in [0.2, 0.25) is 0 Å². The summed E-state index contributed by atoms with van der Waals surface area (Å²) in [6.45, 7) is 0. The highest BCUT2D eigenvalue weighted by atomic mass is 16.2. The lowest BCUT2D eigenvalue weighted by atomic mass is 10.2. The molecule has 1 amide bonds. The smallest absolute Gasteiger partial charge is 0.268 e. The van der Waals surface area contributed by atoms with Gasteiger partial charge >= 0.3 is 0 Å². The monoisotopic (exact) mass is 127 g/mol. The molecule has 1 heterocycles. The molecule has 0 aromatic carbocycles. The number of rotatable bonds is 2. The van der Waals surface area contributed by atoms with Crippen molar-refractivity contribution >= 4 is 12.2 Å². The Morgan fingerprint density at radius 2 is 2.56 bits per heavy atom. The first-order chi connectivity index (χ1) is 4.34. The van der Waals surface area contributed by atoms with E-state index in [-0.39, 0.29) is 12.3 Å². The van der Waals surface area contributed by atoms with Crippen LogP contribution >= 0.6 is 0 Å². The zero-order valence-electron chi connectivity index (χ0n) is 4.57. The first-order valence-corrected chi connectivity index (χ1v) is 2.48. The third-order valence-electron chi connectivity index (χ3n) is 0.979. The van der Waals surface area contributed by atoms with E-state index in [1.54, 1.807) is 0 Å². The van der Waals surface area contributed by atoms with Gasteiger partial charge in [0.2, 0.25) is 0 Å². The van der Waals surface area contributed by atoms with E-state index in [0.29, 0.717) is 6.29 Å². The van der Waals surface area contributed by atoms with Gasteiger partial charge in [0.05, 0.1) is 0 Å². The van der Waals surface area contributed by atoms with Crippen molar-refractivity contribution in [3.8, 4) is 0 Å². The number of hydrogen-bond acceptors (Lipinski definition) is 4. The van der Waals surface area contributed by atoms with Crippen LogP contribution in [0.15, 0.2) is 10.3 Å². The second kappa shape index (κ2) is 2.34. The molecular weight excluding hydrogens is 122 g/mol. The summed E-state index contributed by atoms with van der Waals surface area (Å²) in [5.74, 6) is -0.304. The number of nitrogens with zero attached hydrogens (tertiary/aromatic N) is 2. The maximum Gasteiger partial charge on any atom is 0.268 e. The summed E-state index contributed by atoms with van der Waals surface area (Å²) in [6.07, 6.45) is 0.768. The summed E-state index contributed by atoms with van der Waals surface area (Å²) in [4.78, 5) is 20.3. The Bertz CT molecular complexity index is 165. The molecule has 0 aromatic heterocycles. The zero-order chi connectivity index (χ0) is 6.69. The largest absolute Gasteiger partial charge is 0.303 e. The Morgan fingerprint density at radius 3 is 3.00 bits per heavy atom. The topological polar surface area (TPSA) is 70.9 Å². The Balaban J connectivity index is 2.48. The van der Waals surface area contributed by atoms with Gasteiger partial charge in [0.1, 0.15) is 6.29 Å². The number of carbonyl (C=O) groups excluding carboxylic acids is 2. The van der Waals surface area contributed by atoms with Gasteiger partial charge in [-0.25, -0.2) is 5.43 Å². The van der Waals surface area contributed by atoms with Gasteiger partial charge in [0.25, 0.3) is 5.91 Å². The molecule has 5 heteroatoms. The Labute approximate surface area is 51.1 Å². The molecule has 1 aliphatic heterocycles. The fourth-order valence-corrected chi connectivity index (χ4v) is 0.520. The quantitative estimate of drug-likeness (QED) is 0.505. The molecular formula is C4H5N3O2. The maximum absolute atomic E-state index is 10.5. The van der Waals surface area contributed by atoms with E-state index in [2.05, 4.69) is 15.8 Å². The summed E-state index contributed by atoms with van der Waals surface area (Å²) in [5.41, 5.74) is 2.11. The zero-order valence-corrected chi connectivity index (χ0v) is 4.57. The molecule has 1 atom stereocenters. The van der Waals surface area contributed by atoms with Crippen molar-refractivity contribution in [3.63, 3.8) is 0 Å². The fraction of sp³-hybridized carbons (Fsp3) is 0.500. The second-order valence-corrected chi connectivity index (χ2v) is 1.61. The van der Waals surface area contributed by atoms with E-state index in [0.717, 1.165) is 0 Å². The molecule has 0 saturated heterocycles. The van der Waals surface area contributed by atoms with Crippen molar-refractivity contribution in [2.45, 2.75) is 12.5 Å². The second-order valence-electron chi connectivity index (χ2n) is 1.61. The minimum atomic E-state index is -0.581. The Hall–Kier alpha value is -1.26. The number of nitrogens with one attached hydrogen (secondary N) is 1. The SMILES string of the molecule is O=CCC1N=NNC1=O. The number of aldehydes is 1. The minimum absolute atomic E-state index is 0.120. The molecule has 0 bridgehead atoms. The highest BCUT2D eigenvalue weighted by molar-refractivity contribution is 5.84. The molecule has 0 radical (unpaired) electrons. The number of hydrogen-bond donors (Lipinski definition) is 1. The molecule has 1 unspecified atom stereocenters. The summed E-state index contributed by atoms with van der Waals surface area (Å²) < 4.78 is 0. The average Bonchev–Trinajstić information content (AvgIpc) is 2.18. The van der Waals surface area contributed by atoms with E-state index < -0.39 is 6.04 Å². The van der Waals surface area contributed by atoms with Crippen molar-refractivity contribution in [2.75, 3.05) is 0 Å². The standard InChI is InChI=1S/C4H5N3O2/c8-2-1-3-4(9)6-7-5-3/h2-3H,1H2,(H,5,6,9). The van der Waals surface area contributed by atoms with Crippen LogP contribution in [0.1, 0.15) is 6.42 Å². The molecule has 0 saturated carbocycles. The molecule has 1 rings (SSSR count). The van der Waals surface area contributed by atoms with Gasteiger partial charge in [-0.1, -0.05) is 5.22 Å². The van der Waals surface area contributed by atoms with Gasteiger partial charge in [0.15, 0.2) is 6.04 Å². The van der Waals surface area contributed by atoms with Crippen LogP contribution in [0.25, 0.3) is 0 Å². The summed E-state index contributed by atoms with van der Waals surface area (Å²) in [6, 6.07) is -0.581. The molecule has 5 nitrogen and oxygen atoms in total.